The largest absolute Gasteiger partial charge is 0.372 e. The van der Waals surface area contributed by atoms with Crippen molar-refractivity contribution in [3.63, 3.8) is 0 Å². The molecule has 0 saturated carbocycles. The van der Waals surface area contributed by atoms with Crippen molar-refractivity contribution in [1.29, 1.82) is 0 Å². The van der Waals surface area contributed by atoms with Gasteiger partial charge in [-0.2, -0.15) is 5.10 Å². The van der Waals surface area contributed by atoms with E-state index in [1.807, 2.05) is 0 Å². The second-order valence-corrected chi connectivity index (χ2v) is 4.63. The number of primary amides is 2. The molecule has 12 heteroatoms. The molecule has 1 heterocycles. The van der Waals surface area contributed by atoms with Crippen LogP contribution in [0, 0.1) is 6.92 Å². The van der Waals surface area contributed by atoms with Crippen LogP contribution < -0.4 is 23.2 Å². The van der Waals surface area contributed by atoms with Gasteiger partial charge in [0.1, 0.15) is 6.23 Å². The molecule has 0 aliphatic carbocycles. The number of urea groups is 2. The molecule has 0 aliphatic rings. The van der Waals surface area contributed by atoms with Crippen molar-refractivity contribution in [2.24, 2.45) is 23.2 Å². The third-order valence-corrected chi connectivity index (χ3v) is 3.07. The molecular weight excluding hydrogens is 296 g/mol. The fraction of sp³-hybridized carbons (Fsp3) is 0.500. The topological polar surface area (TPSA) is 214 Å². The lowest BCUT2D eigenvalue weighted by atomic mass is 10.1. The third kappa shape index (κ3) is 4.05. The number of aliphatic hydroxyl groups is 2. The van der Waals surface area contributed by atoms with Crippen LogP contribution in [-0.2, 0) is 12.8 Å². The van der Waals surface area contributed by atoms with Crippen molar-refractivity contribution >= 4 is 12.1 Å². The Labute approximate surface area is 125 Å². The number of aryl methyl sites for hydroxylation is 1. The first-order chi connectivity index (χ1) is 10.1. The van der Waals surface area contributed by atoms with Crippen molar-refractivity contribution in [2.75, 3.05) is 0 Å². The summed E-state index contributed by atoms with van der Waals surface area (Å²) in [6.07, 6.45) is -2.99. The Kier molecular flexibility index (Phi) is 5.64. The van der Waals surface area contributed by atoms with Crippen molar-refractivity contribution in [1.82, 2.24) is 20.2 Å². The Morgan fingerprint density at radius 2 is 1.59 bits per heavy atom. The van der Waals surface area contributed by atoms with Gasteiger partial charge in [0.25, 0.3) is 0 Å². The molecule has 1 aromatic heterocycles. The first-order valence-corrected chi connectivity index (χ1v) is 6.20. The number of hydrogen-bond acceptors (Lipinski definition) is 7. The summed E-state index contributed by atoms with van der Waals surface area (Å²) in [6, 6.07) is -2.01. The van der Waals surface area contributed by atoms with Gasteiger partial charge < -0.3 is 21.7 Å². The summed E-state index contributed by atoms with van der Waals surface area (Å²) in [5, 5.41) is 27.1. The van der Waals surface area contributed by atoms with E-state index >= 15 is 0 Å². The van der Waals surface area contributed by atoms with E-state index in [1.54, 1.807) is 6.92 Å². The number of carbonyl (C=O) groups is 2. The van der Waals surface area contributed by atoms with Crippen LogP contribution in [0.1, 0.15) is 17.0 Å². The number of H-pyrrole nitrogens is 1. The molecule has 1 aromatic rings. The minimum absolute atomic E-state index is 0.0784. The van der Waals surface area contributed by atoms with Gasteiger partial charge in [-0.15, -0.1) is 0 Å². The average molecular weight is 316 g/mol. The summed E-state index contributed by atoms with van der Waals surface area (Å²) in [5.41, 5.74) is 11.3. The number of nitrogens with zero attached hydrogens (tertiary/aromatic N) is 3. The predicted octanol–water partition coefficient (Wildman–Crippen LogP) is -3.05. The van der Waals surface area contributed by atoms with Crippen molar-refractivity contribution in [3.8, 4) is 0 Å². The monoisotopic (exact) mass is 316 g/mol. The zero-order chi connectivity index (χ0) is 17.0. The smallest absolute Gasteiger partial charge is 0.331 e. The molecule has 0 aliphatic heterocycles. The fourth-order valence-corrected chi connectivity index (χ4v) is 1.79. The molecular formula is C10H20N8O4. The Morgan fingerprint density at radius 3 is 2.05 bits per heavy atom. The van der Waals surface area contributed by atoms with Crippen LogP contribution in [0.15, 0.2) is 0 Å². The van der Waals surface area contributed by atoms with Gasteiger partial charge in [0.15, 0.2) is 6.23 Å². The zero-order valence-corrected chi connectivity index (χ0v) is 11.9. The van der Waals surface area contributed by atoms with Gasteiger partial charge in [-0.1, -0.05) is 0 Å². The Morgan fingerprint density at radius 1 is 1.14 bits per heavy atom. The number of aliphatic hydroxyl groups excluding tert-OH is 2. The molecule has 12 nitrogen and oxygen atoms in total. The number of aromatic amines is 1. The van der Waals surface area contributed by atoms with Crippen molar-refractivity contribution < 1.29 is 19.8 Å². The fourth-order valence-electron chi connectivity index (χ4n) is 1.79. The minimum atomic E-state index is -1.40. The highest BCUT2D eigenvalue weighted by atomic mass is 16.3. The Hall–Kier alpha value is -2.41. The standard InChI is InChI=1S/C10H20N8O4/c1-4-5(2-7(19)17(13)9(11)21)6(16-15-4)3-8(20)18(14)10(12)22/h7-8,19-20H,2-3,13-14H2,1H3,(H2,11,21)(H2,12,22)(H,15,16). The normalized spacial score (nSPS) is 13.5. The summed E-state index contributed by atoms with van der Waals surface area (Å²) < 4.78 is 0. The molecule has 0 saturated heterocycles. The molecule has 0 radical (unpaired) electrons. The van der Waals surface area contributed by atoms with Gasteiger partial charge in [-0.05, 0) is 6.92 Å². The molecule has 0 bridgehead atoms. The molecule has 22 heavy (non-hydrogen) atoms. The van der Waals surface area contributed by atoms with E-state index in [4.69, 9.17) is 23.2 Å². The minimum Gasteiger partial charge on any atom is -0.372 e. The summed E-state index contributed by atoms with van der Waals surface area (Å²) in [4.78, 5) is 21.8. The van der Waals surface area contributed by atoms with E-state index < -0.39 is 24.5 Å². The van der Waals surface area contributed by atoms with Crippen molar-refractivity contribution in [2.45, 2.75) is 32.2 Å². The number of hydrazine groups is 2. The lowest BCUT2D eigenvalue weighted by Crippen LogP contribution is -2.50. The molecule has 1 rings (SSSR count). The van der Waals surface area contributed by atoms with E-state index in [9.17, 15) is 19.8 Å². The van der Waals surface area contributed by atoms with Crippen LogP contribution >= 0.6 is 0 Å². The van der Waals surface area contributed by atoms with Gasteiger partial charge in [-0.3, -0.25) is 5.10 Å². The van der Waals surface area contributed by atoms with Gasteiger partial charge >= 0.3 is 12.1 Å². The number of nitrogens with one attached hydrogen (secondary N) is 1. The van der Waals surface area contributed by atoms with Gasteiger partial charge in [0, 0.05) is 24.1 Å². The maximum absolute atomic E-state index is 10.9. The lowest BCUT2D eigenvalue weighted by molar-refractivity contribution is 0.0288. The molecule has 2 unspecified atom stereocenters. The number of amides is 4. The number of carbonyl (C=O) groups excluding carboxylic acids is 2. The lowest BCUT2D eigenvalue weighted by Gasteiger charge is -2.22. The molecule has 124 valence electrons. The number of hydrogen-bond donors (Lipinski definition) is 7. The van der Waals surface area contributed by atoms with Crippen LogP contribution in [-0.4, -0.2) is 54.9 Å². The maximum Gasteiger partial charge on any atom is 0.331 e. The van der Waals surface area contributed by atoms with Crippen molar-refractivity contribution in [3.05, 3.63) is 17.0 Å². The number of nitrogens with two attached hydrogens (primary N) is 4. The van der Waals surface area contributed by atoms with Crippen LogP contribution in [0.25, 0.3) is 0 Å². The Balaban J connectivity index is 2.87. The highest BCUT2D eigenvalue weighted by Gasteiger charge is 2.24. The summed E-state index contributed by atoms with van der Waals surface area (Å²) in [6.45, 7) is 1.67. The van der Waals surface area contributed by atoms with E-state index in [1.165, 1.54) is 0 Å². The van der Waals surface area contributed by atoms with E-state index in [0.717, 1.165) is 0 Å². The van der Waals surface area contributed by atoms with Gasteiger partial charge in [0.05, 0.1) is 5.69 Å². The molecule has 0 fully saturated rings. The molecule has 0 aromatic carbocycles. The highest BCUT2D eigenvalue weighted by Crippen LogP contribution is 2.16. The molecule has 2 atom stereocenters. The maximum atomic E-state index is 10.9. The summed E-state index contributed by atoms with van der Waals surface area (Å²) in [7, 11) is 0. The quantitative estimate of drug-likeness (QED) is 0.124. The van der Waals surface area contributed by atoms with Crippen LogP contribution in [0.5, 0.6) is 0 Å². The van der Waals surface area contributed by atoms with Crippen LogP contribution in [0.4, 0.5) is 9.59 Å². The molecule has 11 N–H and O–H groups in total. The van der Waals surface area contributed by atoms with E-state index in [-0.39, 0.29) is 12.8 Å². The second kappa shape index (κ2) is 7.04. The zero-order valence-electron chi connectivity index (χ0n) is 11.9. The first-order valence-electron chi connectivity index (χ1n) is 6.20. The van der Waals surface area contributed by atoms with E-state index in [0.29, 0.717) is 27.0 Å². The SMILES string of the molecule is Cc1[nH]nc(CC(O)N(N)C(N)=O)c1CC(O)N(N)C(N)=O. The summed E-state index contributed by atoms with van der Waals surface area (Å²) in [5.74, 6) is 10.6. The second-order valence-electron chi connectivity index (χ2n) is 4.63. The van der Waals surface area contributed by atoms with Gasteiger partial charge in [-0.25, -0.2) is 31.3 Å². The molecule has 4 amide bonds. The Bertz CT molecular complexity index is 547. The predicted molar refractivity (Wildman–Crippen MR) is 74.0 cm³/mol. The highest BCUT2D eigenvalue weighted by molar-refractivity contribution is 5.71. The average Bonchev–Trinajstić information content (AvgIpc) is 2.77. The number of aromatic nitrogens is 2. The molecule has 0 spiro atoms. The van der Waals surface area contributed by atoms with Crippen LogP contribution in [0.2, 0.25) is 0 Å². The first kappa shape index (κ1) is 17.6. The van der Waals surface area contributed by atoms with Crippen LogP contribution in [0.3, 0.4) is 0 Å². The number of rotatable bonds is 6. The van der Waals surface area contributed by atoms with E-state index in [2.05, 4.69) is 10.2 Å². The summed E-state index contributed by atoms with van der Waals surface area (Å²) >= 11 is 0. The third-order valence-electron chi connectivity index (χ3n) is 3.07. The van der Waals surface area contributed by atoms with Gasteiger partial charge in [0.2, 0.25) is 0 Å².